The number of likely N-dealkylation sites (N-methyl/N-ethyl adjacent to an activating group) is 1. The maximum absolute atomic E-state index is 13.0. The molecule has 1 aromatic carbocycles. The molecule has 3 aromatic rings. The number of halogens is 1. The van der Waals surface area contributed by atoms with Crippen molar-refractivity contribution in [3.8, 4) is 0 Å². The molecule has 0 saturated carbocycles. The van der Waals surface area contributed by atoms with Crippen molar-refractivity contribution >= 4 is 33.3 Å². The van der Waals surface area contributed by atoms with Gasteiger partial charge in [-0.1, -0.05) is 30.8 Å². The van der Waals surface area contributed by atoms with Gasteiger partial charge < -0.3 is 0 Å². The average molecular weight is 390 g/mol. The maximum atomic E-state index is 13.0. The third-order valence-electron chi connectivity index (χ3n) is 4.85. The number of rotatable bonds is 4. The number of benzene rings is 1. The zero-order chi connectivity index (χ0) is 18.3. The molecule has 0 saturated heterocycles. The van der Waals surface area contributed by atoms with Crippen molar-refractivity contribution in [2.45, 2.75) is 30.8 Å². The van der Waals surface area contributed by atoms with Gasteiger partial charge in [-0.2, -0.15) is 0 Å². The number of hydrogen-bond acceptors (Lipinski definition) is 5. The van der Waals surface area contributed by atoms with Gasteiger partial charge in [0.25, 0.3) is 5.56 Å². The Morgan fingerprint density at radius 1 is 1.31 bits per heavy atom. The minimum Gasteiger partial charge on any atom is -0.298 e. The van der Waals surface area contributed by atoms with Gasteiger partial charge in [-0.25, -0.2) is 9.37 Å². The van der Waals surface area contributed by atoms with E-state index >= 15 is 0 Å². The molecule has 0 aliphatic carbocycles. The molecule has 0 bridgehead atoms. The van der Waals surface area contributed by atoms with E-state index in [1.54, 1.807) is 35.1 Å². The van der Waals surface area contributed by atoms with Crippen molar-refractivity contribution in [1.29, 1.82) is 0 Å². The number of thiophene rings is 1. The highest BCUT2D eigenvalue weighted by Gasteiger charge is 2.24. The first-order valence-corrected chi connectivity index (χ1v) is 10.5. The van der Waals surface area contributed by atoms with E-state index < -0.39 is 0 Å². The summed E-state index contributed by atoms with van der Waals surface area (Å²) in [5, 5.41) is 1.51. The first-order valence-electron chi connectivity index (χ1n) is 8.67. The maximum Gasteiger partial charge on any atom is 0.262 e. The Balaban J connectivity index is 1.67. The first kappa shape index (κ1) is 17.7. The standard InChI is InChI=1S/C19H20FN3OS2/c1-3-23-9-8-14-15(10-23)26-17-16(14)18(24)22(2)19(21-17)25-11-12-4-6-13(20)7-5-12/h4-7H,3,8-11H2,1-2H3. The van der Waals surface area contributed by atoms with E-state index in [1.165, 1.54) is 34.3 Å². The first-order chi connectivity index (χ1) is 12.6. The normalized spacial score (nSPS) is 14.7. The fourth-order valence-corrected chi connectivity index (χ4v) is 5.52. The number of aromatic nitrogens is 2. The van der Waals surface area contributed by atoms with Crippen molar-refractivity contribution in [3.63, 3.8) is 0 Å². The molecule has 4 nitrogen and oxygen atoms in total. The minimum absolute atomic E-state index is 0.0408. The van der Waals surface area contributed by atoms with Gasteiger partial charge in [0.15, 0.2) is 5.16 Å². The summed E-state index contributed by atoms with van der Waals surface area (Å²) in [5.74, 6) is 0.414. The molecule has 0 fully saturated rings. The highest BCUT2D eigenvalue weighted by Crippen LogP contribution is 2.33. The number of nitrogens with zero attached hydrogens (tertiary/aromatic N) is 3. The van der Waals surface area contributed by atoms with Gasteiger partial charge in [-0.3, -0.25) is 14.3 Å². The highest BCUT2D eigenvalue weighted by molar-refractivity contribution is 7.98. The summed E-state index contributed by atoms with van der Waals surface area (Å²) in [7, 11) is 1.78. The summed E-state index contributed by atoms with van der Waals surface area (Å²) in [6, 6.07) is 6.45. The van der Waals surface area contributed by atoms with Gasteiger partial charge in [0.2, 0.25) is 0 Å². The number of hydrogen-bond donors (Lipinski definition) is 0. The quantitative estimate of drug-likeness (QED) is 0.502. The molecule has 0 radical (unpaired) electrons. The fourth-order valence-electron chi connectivity index (χ4n) is 3.29. The predicted molar refractivity (Wildman–Crippen MR) is 105 cm³/mol. The van der Waals surface area contributed by atoms with Crippen LogP contribution in [0.25, 0.3) is 10.2 Å². The molecule has 0 amide bonds. The number of fused-ring (bicyclic) bond motifs is 3. The monoisotopic (exact) mass is 389 g/mol. The molecule has 0 atom stereocenters. The van der Waals surface area contributed by atoms with Crippen LogP contribution in [0.4, 0.5) is 4.39 Å². The van der Waals surface area contributed by atoms with E-state index in [9.17, 15) is 9.18 Å². The van der Waals surface area contributed by atoms with Crippen LogP contribution in [0.2, 0.25) is 0 Å². The Morgan fingerprint density at radius 2 is 2.08 bits per heavy atom. The van der Waals surface area contributed by atoms with Crippen LogP contribution in [0.1, 0.15) is 22.9 Å². The minimum atomic E-state index is -0.240. The van der Waals surface area contributed by atoms with Crippen LogP contribution in [0.15, 0.2) is 34.2 Å². The van der Waals surface area contributed by atoms with Crippen LogP contribution in [0, 0.1) is 5.82 Å². The summed E-state index contributed by atoms with van der Waals surface area (Å²) in [6.45, 7) is 5.10. The molecule has 0 unspecified atom stereocenters. The van der Waals surface area contributed by atoms with Crippen LogP contribution in [-0.2, 0) is 25.8 Å². The van der Waals surface area contributed by atoms with Crippen molar-refractivity contribution in [1.82, 2.24) is 14.5 Å². The Bertz CT molecular complexity index is 1010. The van der Waals surface area contributed by atoms with Crippen LogP contribution in [0.3, 0.4) is 0 Å². The largest absolute Gasteiger partial charge is 0.298 e. The van der Waals surface area contributed by atoms with E-state index in [1.807, 2.05) is 0 Å². The Labute approximate surface area is 159 Å². The lowest BCUT2D eigenvalue weighted by atomic mass is 10.1. The van der Waals surface area contributed by atoms with Gasteiger partial charge in [0.1, 0.15) is 10.6 Å². The van der Waals surface area contributed by atoms with Gasteiger partial charge >= 0.3 is 0 Å². The SMILES string of the molecule is CCN1CCc2c(sc3nc(SCc4ccc(F)cc4)n(C)c(=O)c23)C1. The van der Waals surface area contributed by atoms with Crippen molar-refractivity contribution in [3.05, 3.63) is 56.4 Å². The number of thioether (sulfide) groups is 1. The van der Waals surface area contributed by atoms with Gasteiger partial charge in [-0.15, -0.1) is 11.3 Å². The lowest BCUT2D eigenvalue weighted by Gasteiger charge is -2.24. The Morgan fingerprint density at radius 3 is 2.81 bits per heavy atom. The second-order valence-electron chi connectivity index (χ2n) is 6.48. The lowest BCUT2D eigenvalue weighted by molar-refractivity contribution is 0.272. The molecule has 26 heavy (non-hydrogen) atoms. The molecular formula is C19H20FN3OS2. The zero-order valence-corrected chi connectivity index (χ0v) is 16.4. The molecule has 1 aliphatic rings. The molecule has 7 heteroatoms. The average Bonchev–Trinajstić information content (AvgIpc) is 3.02. The lowest BCUT2D eigenvalue weighted by Crippen LogP contribution is -2.30. The van der Waals surface area contributed by atoms with Crippen LogP contribution in [0.5, 0.6) is 0 Å². The Hall–Kier alpha value is -1.70. The second kappa shape index (κ2) is 7.13. The highest BCUT2D eigenvalue weighted by atomic mass is 32.2. The van der Waals surface area contributed by atoms with E-state index in [4.69, 9.17) is 4.98 Å². The molecule has 3 heterocycles. The molecule has 0 spiro atoms. The summed E-state index contributed by atoms with van der Waals surface area (Å²) < 4.78 is 14.7. The third kappa shape index (κ3) is 3.19. The van der Waals surface area contributed by atoms with Crippen molar-refractivity contribution in [2.75, 3.05) is 13.1 Å². The van der Waals surface area contributed by atoms with E-state index in [2.05, 4.69) is 11.8 Å². The predicted octanol–water partition coefficient (Wildman–Crippen LogP) is 3.80. The van der Waals surface area contributed by atoms with Gasteiger partial charge in [-0.05, 0) is 36.2 Å². The van der Waals surface area contributed by atoms with Crippen molar-refractivity contribution in [2.24, 2.45) is 7.05 Å². The van der Waals surface area contributed by atoms with Crippen molar-refractivity contribution < 1.29 is 4.39 Å². The smallest absolute Gasteiger partial charge is 0.262 e. The third-order valence-corrected chi connectivity index (χ3v) is 7.06. The summed E-state index contributed by atoms with van der Waals surface area (Å²) in [6.07, 6.45) is 0.919. The van der Waals surface area contributed by atoms with Gasteiger partial charge in [0.05, 0.1) is 5.39 Å². The molecular weight excluding hydrogens is 369 g/mol. The molecule has 4 rings (SSSR count). The van der Waals surface area contributed by atoms with E-state index in [-0.39, 0.29) is 11.4 Å². The van der Waals surface area contributed by atoms with E-state index in [0.29, 0.717) is 10.9 Å². The molecule has 2 aromatic heterocycles. The zero-order valence-electron chi connectivity index (χ0n) is 14.8. The Kier molecular flexibility index (Phi) is 4.86. The molecule has 1 aliphatic heterocycles. The second-order valence-corrected chi connectivity index (χ2v) is 8.50. The van der Waals surface area contributed by atoms with Gasteiger partial charge in [0, 0.05) is 30.8 Å². The van der Waals surface area contributed by atoms with E-state index in [0.717, 1.165) is 41.8 Å². The topological polar surface area (TPSA) is 38.1 Å². The molecule has 0 N–H and O–H groups in total. The van der Waals surface area contributed by atoms with Crippen LogP contribution < -0.4 is 5.56 Å². The molecule has 136 valence electrons. The van der Waals surface area contributed by atoms with Crippen LogP contribution in [-0.4, -0.2) is 27.5 Å². The summed E-state index contributed by atoms with van der Waals surface area (Å²) in [5.41, 5.74) is 2.24. The summed E-state index contributed by atoms with van der Waals surface area (Å²) in [4.78, 5) is 22.2. The summed E-state index contributed by atoms with van der Waals surface area (Å²) >= 11 is 3.16. The van der Waals surface area contributed by atoms with Crippen LogP contribution >= 0.6 is 23.1 Å². The fraction of sp³-hybridized carbons (Fsp3) is 0.368.